The van der Waals surface area contributed by atoms with E-state index in [-0.39, 0.29) is 0 Å². The highest BCUT2D eigenvalue weighted by molar-refractivity contribution is 5.58. The van der Waals surface area contributed by atoms with E-state index in [0.29, 0.717) is 6.42 Å². The molecule has 0 saturated carbocycles. The Kier molecular flexibility index (Phi) is 3.09. The minimum absolute atomic E-state index is 0.546. The van der Waals surface area contributed by atoms with Crippen LogP contribution < -0.4 is 0 Å². The number of carbonyl (C=O) groups is 1. The van der Waals surface area contributed by atoms with Gasteiger partial charge in [-0.1, -0.05) is 12.2 Å². The lowest BCUT2D eigenvalue weighted by molar-refractivity contribution is -0.107. The minimum Gasteiger partial charge on any atom is -0.378 e. The Hall–Kier alpha value is -1.05. The zero-order valence-corrected chi connectivity index (χ0v) is 7.71. The lowest BCUT2D eigenvalue weighted by atomic mass is 10.0. The fourth-order valence-corrected chi connectivity index (χ4v) is 1.46. The van der Waals surface area contributed by atoms with E-state index in [2.05, 4.69) is 17.1 Å². The minimum atomic E-state index is 0.546. The van der Waals surface area contributed by atoms with Crippen LogP contribution in [-0.4, -0.2) is 25.3 Å². The number of hydrogen-bond donors (Lipinski definition) is 0. The van der Waals surface area contributed by atoms with Gasteiger partial charge in [0.25, 0.3) is 0 Å². The van der Waals surface area contributed by atoms with Gasteiger partial charge in [0.2, 0.25) is 0 Å². The van der Waals surface area contributed by atoms with E-state index in [1.807, 2.05) is 14.1 Å². The van der Waals surface area contributed by atoms with Crippen LogP contribution in [0.3, 0.4) is 0 Å². The van der Waals surface area contributed by atoms with Crippen LogP contribution >= 0.6 is 0 Å². The summed E-state index contributed by atoms with van der Waals surface area (Å²) in [7, 11) is 4.02. The van der Waals surface area contributed by atoms with E-state index < -0.39 is 0 Å². The summed E-state index contributed by atoms with van der Waals surface area (Å²) in [6, 6.07) is 0. The second-order valence-corrected chi connectivity index (χ2v) is 3.16. The van der Waals surface area contributed by atoms with E-state index in [0.717, 1.165) is 19.1 Å². The molecule has 0 unspecified atom stereocenters. The first-order valence-corrected chi connectivity index (χ1v) is 4.26. The van der Waals surface area contributed by atoms with Gasteiger partial charge in [0, 0.05) is 26.2 Å². The van der Waals surface area contributed by atoms with Gasteiger partial charge in [-0.05, 0) is 18.4 Å². The van der Waals surface area contributed by atoms with Crippen LogP contribution in [-0.2, 0) is 4.79 Å². The molecule has 0 amide bonds. The highest BCUT2D eigenvalue weighted by Crippen LogP contribution is 2.21. The van der Waals surface area contributed by atoms with Crippen molar-refractivity contribution < 1.29 is 4.79 Å². The summed E-state index contributed by atoms with van der Waals surface area (Å²) in [4.78, 5) is 12.4. The van der Waals surface area contributed by atoms with Gasteiger partial charge in [0.1, 0.15) is 6.29 Å². The number of allylic oxidation sites excluding steroid dienone is 3. The van der Waals surface area contributed by atoms with Gasteiger partial charge in [0.05, 0.1) is 0 Å². The summed E-state index contributed by atoms with van der Waals surface area (Å²) in [5, 5.41) is 0. The molecule has 0 aliphatic heterocycles. The molecule has 0 aromatic carbocycles. The molecule has 0 bridgehead atoms. The zero-order valence-electron chi connectivity index (χ0n) is 7.71. The summed E-state index contributed by atoms with van der Waals surface area (Å²) < 4.78 is 0. The van der Waals surface area contributed by atoms with Crippen LogP contribution in [0.15, 0.2) is 23.4 Å². The van der Waals surface area contributed by atoms with Crippen LogP contribution in [0, 0.1) is 0 Å². The summed E-state index contributed by atoms with van der Waals surface area (Å²) in [5.41, 5.74) is 2.37. The van der Waals surface area contributed by atoms with Gasteiger partial charge in [-0.3, -0.25) is 0 Å². The van der Waals surface area contributed by atoms with E-state index in [4.69, 9.17) is 0 Å². The molecule has 0 atom stereocenters. The summed E-state index contributed by atoms with van der Waals surface area (Å²) >= 11 is 0. The Morgan fingerprint density at radius 2 is 2.08 bits per heavy atom. The number of aldehydes is 1. The Morgan fingerprint density at radius 3 is 2.67 bits per heavy atom. The topological polar surface area (TPSA) is 20.3 Å². The van der Waals surface area contributed by atoms with Crippen molar-refractivity contribution in [1.82, 2.24) is 4.90 Å². The average Bonchev–Trinajstić information content (AvgIpc) is 2.05. The van der Waals surface area contributed by atoms with E-state index in [1.165, 1.54) is 11.3 Å². The van der Waals surface area contributed by atoms with Gasteiger partial charge < -0.3 is 9.69 Å². The van der Waals surface area contributed by atoms with Crippen molar-refractivity contribution in [2.24, 2.45) is 0 Å². The number of hydrogen-bond acceptors (Lipinski definition) is 2. The quantitative estimate of drug-likeness (QED) is 0.594. The van der Waals surface area contributed by atoms with Gasteiger partial charge in [-0.15, -0.1) is 0 Å². The largest absolute Gasteiger partial charge is 0.378 e. The lowest BCUT2D eigenvalue weighted by Gasteiger charge is -2.21. The van der Waals surface area contributed by atoms with E-state index in [1.54, 1.807) is 0 Å². The first-order valence-electron chi connectivity index (χ1n) is 4.26. The maximum Gasteiger partial charge on any atom is 0.124 e. The van der Waals surface area contributed by atoms with E-state index >= 15 is 0 Å². The first kappa shape index (κ1) is 9.04. The summed E-state index contributed by atoms with van der Waals surface area (Å²) in [6.45, 7) is 0. The Morgan fingerprint density at radius 1 is 1.42 bits per heavy atom. The molecule has 2 nitrogen and oxygen atoms in total. The van der Waals surface area contributed by atoms with Gasteiger partial charge in [0.15, 0.2) is 0 Å². The molecule has 0 spiro atoms. The molecule has 1 aliphatic rings. The van der Waals surface area contributed by atoms with Gasteiger partial charge >= 0.3 is 0 Å². The summed E-state index contributed by atoms with van der Waals surface area (Å²) in [6.07, 6.45) is 8.03. The van der Waals surface area contributed by atoms with Crippen molar-refractivity contribution in [1.29, 1.82) is 0 Å². The Balaban J connectivity index is 2.75. The van der Waals surface area contributed by atoms with Crippen molar-refractivity contribution in [2.45, 2.75) is 19.3 Å². The normalized spacial score (nSPS) is 16.5. The van der Waals surface area contributed by atoms with Crippen LogP contribution in [0.5, 0.6) is 0 Å². The second-order valence-electron chi connectivity index (χ2n) is 3.16. The van der Waals surface area contributed by atoms with Crippen LogP contribution in [0.1, 0.15) is 19.3 Å². The highest BCUT2D eigenvalue weighted by atomic mass is 16.1. The third-order valence-electron chi connectivity index (χ3n) is 2.01. The maximum absolute atomic E-state index is 10.4. The van der Waals surface area contributed by atoms with Gasteiger partial charge in [-0.2, -0.15) is 0 Å². The lowest BCUT2D eigenvalue weighted by Crippen LogP contribution is -2.15. The molecule has 66 valence electrons. The fourth-order valence-electron chi connectivity index (χ4n) is 1.46. The molecular weight excluding hydrogens is 150 g/mol. The molecule has 0 radical (unpaired) electrons. The molecule has 0 heterocycles. The molecule has 12 heavy (non-hydrogen) atoms. The standard InChI is InChI=1S/C10H15NO/c1-11(2)10-6-4-3-5-9(10)7-8-12/h5-6,8H,3-4,7H2,1-2H3. The number of carbonyl (C=O) groups excluding carboxylic acids is 1. The molecule has 0 N–H and O–H groups in total. The van der Waals surface area contributed by atoms with Crippen molar-refractivity contribution in [2.75, 3.05) is 14.1 Å². The summed E-state index contributed by atoms with van der Waals surface area (Å²) in [5.74, 6) is 0. The third-order valence-corrected chi connectivity index (χ3v) is 2.01. The maximum atomic E-state index is 10.4. The number of rotatable bonds is 3. The van der Waals surface area contributed by atoms with Crippen molar-refractivity contribution in [3.8, 4) is 0 Å². The highest BCUT2D eigenvalue weighted by Gasteiger charge is 2.09. The Labute approximate surface area is 73.6 Å². The Bertz CT molecular complexity index is 226. The number of likely N-dealkylation sites (N-methyl/N-ethyl adjacent to an activating group) is 1. The molecule has 0 aromatic heterocycles. The molecule has 0 saturated heterocycles. The molecular formula is C10H15NO. The predicted octanol–water partition coefficient (Wildman–Crippen LogP) is 1.74. The molecule has 1 aliphatic carbocycles. The molecule has 2 heteroatoms. The second kappa shape index (κ2) is 4.10. The molecule has 0 fully saturated rings. The SMILES string of the molecule is CN(C)C1=CCCC=C1CC=O. The smallest absolute Gasteiger partial charge is 0.124 e. The van der Waals surface area contributed by atoms with Crippen LogP contribution in [0.4, 0.5) is 0 Å². The van der Waals surface area contributed by atoms with Crippen molar-refractivity contribution in [3.05, 3.63) is 23.4 Å². The third kappa shape index (κ3) is 1.97. The van der Waals surface area contributed by atoms with Crippen LogP contribution in [0.2, 0.25) is 0 Å². The fraction of sp³-hybridized carbons (Fsp3) is 0.500. The average molecular weight is 165 g/mol. The zero-order chi connectivity index (χ0) is 8.97. The van der Waals surface area contributed by atoms with Crippen molar-refractivity contribution >= 4 is 6.29 Å². The van der Waals surface area contributed by atoms with E-state index in [9.17, 15) is 4.79 Å². The first-order chi connectivity index (χ1) is 5.75. The molecule has 0 aromatic rings. The van der Waals surface area contributed by atoms with Gasteiger partial charge in [-0.25, -0.2) is 0 Å². The molecule has 1 rings (SSSR count). The monoisotopic (exact) mass is 165 g/mol. The van der Waals surface area contributed by atoms with Crippen molar-refractivity contribution in [3.63, 3.8) is 0 Å². The van der Waals surface area contributed by atoms with Crippen LogP contribution in [0.25, 0.3) is 0 Å². The predicted molar refractivity (Wildman–Crippen MR) is 49.8 cm³/mol. The number of nitrogens with zero attached hydrogens (tertiary/aromatic N) is 1.